The van der Waals surface area contributed by atoms with Crippen LogP contribution in [0, 0.1) is 10.8 Å². The van der Waals surface area contributed by atoms with Gasteiger partial charge >= 0.3 is 0 Å². The largest absolute Gasteiger partial charge is 0.507 e. The number of rotatable bonds is 3. The number of alkyl halides is 2. The summed E-state index contributed by atoms with van der Waals surface area (Å²) in [7, 11) is -3.95. The molecule has 0 aliphatic heterocycles. The number of aromatic hydroxyl groups is 1. The molecule has 1 aromatic carbocycles. The fraction of sp³-hybridized carbons (Fsp3) is 0.611. The number of carbonyl (C=O) groups is 1. The van der Waals surface area contributed by atoms with E-state index in [0.717, 1.165) is 6.26 Å². The second-order valence-electron chi connectivity index (χ2n) is 8.32. The molecule has 2 aliphatic carbocycles. The Bertz CT molecular complexity index is 889. The second kappa shape index (κ2) is 5.35. The molecule has 1 unspecified atom stereocenters. The third-order valence-electron chi connectivity index (χ3n) is 6.54. The van der Waals surface area contributed by atoms with E-state index in [1.165, 1.54) is 26.0 Å². The molecule has 2 saturated carbocycles. The number of benzene rings is 1. The lowest BCUT2D eigenvalue weighted by molar-refractivity contribution is -0.00595. The van der Waals surface area contributed by atoms with Crippen molar-refractivity contribution >= 4 is 27.3 Å². The van der Waals surface area contributed by atoms with Crippen LogP contribution in [0.5, 0.6) is 5.75 Å². The minimum absolute atomic E-state index is 0.0602. The molecule has 2 aliphatic rings. The molecule has 1 aromatic rings. The molecular weight excluding hydrogens is 381 g/mol. The Morgan fingerprint density at radius 1 is 1.31 bits per heavy atom. The fourth-order valence-corrected chi connectivity index (χ4v) is 8.56. The third-order valence-corrected chi connectivity index (χ3v) is 9.25. The molecule has 3 rings (SSSR count). The number of hydrogen-bond donors (Lipinski definition) is 2. The zero-order valence-electron chi connectivity index (χ0n) is 15.1. The molecule has 2 N–H and O–H groups in total. The summed E-state index contributed by atoms with van der Waals surface area (Å²) < 4.78 is 41.8. The van der Waals surface area contributed by atoms with E-state index in [0.29, 0.717) is 0 Å². The highest BCUT2D eigenvalue weighted by molar-refractivity contribution is 7.92. The number of amides is 1. The lowest BCUT2D eigenvalue weighted by Crippen LogP contribution is -2.72. The molecule has 0 spiro atoms. The highest BCUT2D eigenvalue weighted by Gasteiger charge is 2.83. The Morgan fingerprint density at radius 3 is 2.35 bits per heavy atom. The summed E-state index contributed by atoms with van der Waals surface area (Å²) in [5, 5.41) is 11.7. The van der Waals surface area contributed by atoms with Gasteiger partial charge in [0.1, 0.15) is 11.4 Å². The Balaban J connectivity index is 2.20. The van der Waals surface area contributed by atoms with Crippen molar-refractivity contribution in [2.75, 3.05) is 6.26 Å². The van der Waals surface area contributed by atoms with Gasteiger partial charge in [-0.1, -0.05) is 32.9 Å². The molecule has 0 saturated heterocycles. The Hall–Kier alpha value is -1.34. The molecule has 0 aromatic heterocycles. The number of phenolic OH excluding ortho intramolecular Hbond substituents is 1. The maximum atomic E-state index is 15.9. The highest BCUT2D eigenvalue weighted by atomic mass is 35.5. The zero-order valence-corrected chi connectivity index (χ0v) is 16.7. The van der Waals surface area contributed by atoms with Gasteiger partial charge < -0.3 is 10.4 Å². The van der Waals surface area contributed by atoms with Crippen LogP contribution in [0.2, 0.25) is 0 Å². The summed E-state index contributed by atoms with van der Waals surface area (Å²) in [5.41, 5.74) is -4.55. The van der Waals surface area contributed by atoms with Crippen LogP contribution in [0.25, 0.3) is 0 Å². The normalized spacial score (nSPS) is 38.3. The molecule has 144 valence electrons. The molecule has 5 nitrogen and oxygen atoms in total. The van der Waals surface area contributed by atoms with E-state index in [-0.39, 0.29) is 24.2 Å². The number of nitrogens with one attached hydrogen (secondary N) is 1. The highest BCUT2D eigenvalue weighted by Crippen LogP contribution is 2.73. The lowest BCUT2D eigenvalue weighted by Gasteiger charge is -2.54. The Kier molecular flexibility index (Phi) is 4.00. The van der Waals surface area contributed by atoms with Gasteiger partial charge in [-0.15, -0.1) is 11.6 Å². The molecule has 2 bridgehead atoms. The van der Waals surface area contributed by atoms with Gasteiger partial charge in [0.25, 0.3) is 5.91 Å². The van der Waals surface area contributed by atoms with Crippen LogP contribution >= 0.6 is 11.6 Å². The molecule has 26 heavy (non-hydrogen) atoms. The van der Waals surface area contributed by atoms with Crippen molar-refractivity contribution in [2.24, 2.45) is 10.8 Å². The molecule has 4 atom stereocenters. The predicted octanol–water partition coefficient (Wildman–Crippen LogP) is 3.02. The summed E-state index contributed by atoms with van der Waals surface area (Å²) in [6.45, 7) is 4.66. The van der Waals surface area contributed by atoms with E-state index in [2.05, 4.69) is 5.32 Å². The molecular formula is C18H23ClFNO4S. The van der Waals surface area contributed by atoms with Gasteiger partial charge in [-0.25, -0.2) is 12.8 Å². The first-order chi connectivity index (χ1) is 11.7. The van der Waals surface area contributed by atoms with Crippen LogP contribution in [0.3, 0.4) is 0 Å². The SMILES string of the molecule is CC1(C)[C@@]2(F)C[C@](C)(CC2Cl)[C@@]1(NC(=O)c1ccccc1O)S(C)(=O)=O. The van der Waals surface area contributed by atoms with Gasteiger partial charge in [0.15, 0.2) is 14.7 Å². The van der Waals surface area contributed by atoms with Crippen molar-refractivity contribution in [3.05, 3.63) is 29.8 Å². The minimum atomic E-state index is -3.95. The second-order valence-corrected chi connectivity index (χ2v) is 11.0. The predicted molar refractivity (Wildman–Crippen MR) is 97.7 cm³/mol. The van der Waals surface area contributed by atoms with Gasteiger partial charge in [-0.05, 0) is 25.0 Å². The van der Waals surface area contributed by atoms with Crippen LogP contribution in [-0.2, 0) is 9.84 Å². The van der Waals surface area contributed by atoms with E-state index in [1.54, 1.807) is 19.1 Å². The number of para-hydroxylation sites is 1. The Morgan fingerprint density at radius 2 is 1.88 bits per heavy atom. The first-order valence-corrected chi connectivity index (χ1v) is 10.7. The van der Waals surface area contributed by atoms with Crippen LogP contribution in [0.4, 0.5) is 4.39 Å². The fourth-order valence-electron chi connectivity index (χ4n) is 5.44. The minimum Gasteiger partial charge on any atom is -0.507 e. The average molecular weight is 404 g/mol. The molecule has 0 heterocycles. The first-order valence-electron chi connectivity index (χ1n) is 8.37. The van der Waals surface area contributed by atoms with Gasteiger partial charge in [0, 0.05) is 17.1 Å². The van der Waals surface area contributed by atoms with Crippen molar-refractivity contribution < 1.29 is 22.7 Å². The van der Waals surface area contributed by atoms with E-state index in [1.807, 2.05) is 0 Å². The van der Waals surface area contributed by atoms with Crippen molar-refractivity contribution in [3.8, 4) is 5.75 Å². The van der Waals surface area contributed by atoms with Crippen LogP contribution in [-0.4, -0.2) is 41.6 Å². The molecule has 1 amide bonds. The maximum absolute atomic E-state index is 15.9. The number of carbonyl (C=O) groups excluding carboxylic acids is 1. The van der Waals surface area contributed by atoms with E-state index >= 15 is 4.39 Å². The van der Waals surface area contributed by atoms with Crippen LogP contribution in [0.15, 0.2) is 24.3 Å². The van der Waals surface area contributed by atoms with E-state index < -0.39 is 42.5 Å². The van der Waals surface area contributed by atoms with Gasteiger partial charge in [0.2, 0.25) is 0 Å². The summed E-state index contributed by atoms with van der Waals surface area (Å²) in [4.78, 5) is 11.0. The summed E-state index contributed by atoms with van der Waals surface area (Å²) in [6, 6.07) is 5.83. The lowest BCUT2D eigenvalue weighted by atomic mass is 9.66. The van der Waals surface area contributed by atoms with Crippen molar-refractivity contribution in [1.29, 1.82) is 0 Å². The molecule has 8 heteroatoms. The smallest absolute Gasteiger partial charge is 0.256 e. The standard InChI is InChI=1S/C18H23ClFNO4S/c1-15(2)17(20)10-16(3,9-13(17)19)18(15,26(4,24)25)21-14(23)11-7-5-6-8-12(11)22/h5-8,13,22H,9-10H2,1-4H3,(H,21,23)/t13?,16-,17+,18-/m0/s1. The monoisotopic (exact) mass is 403 g/mol. The number of fused-ring (bicyclic) bond motifs is 2. The van der Waals surface area contributed by atoms with Crippen LogP contribution < -0.4 is 5.32 Å². The van der Waals surface area contributed by atoms with Crippen molar-refractivity contribution in [2.45, 2.75) is 49.5 Å². The number of halogens is 2. The number of hydrogen-bond acceptors (Lipinski definition) is 4. The third kappa shape index (κ3) is 2.07. The summed E-state index contributed by atoms with van der Waals surface area (Å²) in [6.07, 6.45) is 1.08. The van der Waals surface area contributed by atoms with Gasteiger partial charge in [0.05, 0.1) is 10.9 Å². The Labute approximate surface area is 157 Å². The van der Waals surface area contributed by atoms with Crippen molar-refractivity contribution in [3.63, 3.8) is 0 Å². The zero-order chi connectivity index (χ0) is 19.8. The topological polar surface area (TPSA) is 83.5 Å². The van der Waals surface area contributed by atoms with E-state index in [4.69, 9.17) is 11.6 Å². The molecule has 0 radical (unpaired) electrons. The van der Waals surface area contributed by atoms with Gasteiger partial charge in [-0.3, -0.25) is 4.79 Å². The number of phenols is 1. The average Bonchev–Trinajstić information content (AvgIpc) is 2.81. The van der Waals surface area contributed by atoms with Crippen LogP contribution in [0.1, 0.15) is 44.0 Å². The number of sulfone groups is 1. The van der Waals surface area contributed by atoms with Gasteiger partial charge in [-0.2, -0.15) is 0 Å². The quantitative estimate of drug-likeness (QED) is 0.760. The van der Waals surface area contributed by atoms with E-state index in [9.17, 15) is 18.3 Å². The first kappa shape index (κ1) is 19.4. The van der Waals surface area contributed by atoms with Crippen molar-refractivity contribution in [1.82, 2.24) is 5.32 Å². The summed E-state index contributed by atoms with van der Waals surface area (Å²) in [5.74, 6) is -1.03. The maximum Gasteiger partial charge on any atom is 0.256 e. The molecule has 2 fully saturated rings. The summed E-state index contributed by atoms with van der Waals surface area (Å²) >= 11 is 6.26.